The first-order valence-corrected chi connectivity index (χ1v) is 7.74. The number of aliphatic hydroxyl groups excluding tert-OH is 2. The van der Waals surface area contributed by atoms with Crippen molar-refractivity contribution >= 4 is 19.0 Å². The summed E-state index contributed by atoms with van der Waals surface area (Å²) >= 11 is 0. The molecular formula is C10H13N4O7P. The van der Waals surface area contributed by atoms with Crippen LogP contribution in [0.25, 0.3) is 11.2 Å². The fourth-order valence-corrected chi connectivity index (χ4v) is 2.58. The van der Waals surface area contributed by atoms with Crippen LogP contribution in [0.1, 0.15) is 6.23 Å². The van der Waals surface area contributed by atoms with E-state index in [0.717, 1.165) is 0 Å². The zero-order valence-electron chi connectivity index (χ0n) is 11.0. The van der Waals surface area contributed by atoms with Gasteiger partial charge in [0.05, 0.1) is 19.1 Å². The molecule has 0 spiro atoms. The molecule has 2 aromatic rings. The molecule has 0 aliphatic carbocycles. The summed E-state index contributed by atoms with van der Waals surface area (Å²) in [5, 5.41) is 20.0. The highest BCUT2D eigenvalue weighted by Crippen LogP contribution is 2.38. The van der Waals surface area contributed by atoms with Crippen molar-refractivity contribution in [2.45, 2.75) is 24.5 Å². The number of phosphoric ester groups is 1. The lowest BCUT2D eigenvalue weighted by atomic mass is 10.1. The van der Waals surface area contributed by atoms with Crippen molar-refractivity contribution in [1.82, 2.24) is 19.5 Å². The minimum atomic E-state index is -4.70. The molecule has 22 heavy (non-hydrogen) atoms. The van der Waals surface area contributed by atoms with E-state index in [1.54, 1.807) is 0 Å². The van der Waals surface area contributed by atoms with E-state index in [1.165, 1.54) is 23.4 Å². The van der Waals surface area contributed by atoms with E-state index in [0.29, 0.717) is 11.2 Å². The average Bonchev–Trinajstić information content (AvgIpc) is 3.00. The molecule has 3 heterocycles. The molecule has 0 amide bonds. The van der Waals surface area contributed by atoms with E-state index in [9.17, 15) is 14.8 Å². The van der Waals surface area contributed by atoms with Crippen molar-refractivity contribution in [1.29, 1.82) is 0 Å². The van der Waals surface area contributed by atoms with Crippen LogP contribution in [0.4, 0.5) is 0 Å². The summed E-state index contributed by atoms with van der Waals surface area (Å²) in [4.78, 5) is 29.2. The number of imidazole rings is 1. The Morgan fingerprint density at radius 1 is 1.32 bits per heavy atom. The number of nitrogens with zero attached hydrogens (tertiary/aromatic N) is 4. The predicted molar refractivity (Wildman–Crippen MR) is 69.2 cm³/mol. The lowest BCUT2D eigenvalue weighted by Crippen LogP contribution is -2.33. The van der Waals surface area contributed by atoms with Crippen LogP contribution >= 0.6 is 7.82 Å². The number of ether oxygens (including phenoxy) is 1. The van der Waals surface area contributed by atoms with Crippen LogP contribution in [-0.2, 0) is 13.8 Å². The maximum atomic E-state index is 10.7. The molecule has 12 heteroatoms. The van der Waals surface area contributed by atoms with Crippen molar-refractivity contribution in [2.75, 3.05) is 6.61 Å². The first-order chi connectivity index (χ1) is 10.4. The van der Waals surface area contributed by atoms with E-state index >= 15 is 0 Å². The molecule has 0 aromatic carbocycles. The normalized spacial score (nSPS) is 29.3. The van der Waals surface area contributed by atoms with Gasteiger partial charge in [0.25, 0.3) is 0 Å². The molecule has 1 aliphatic heterocycles. The van der Waals surface area contributed by atoms with Crippen molar-refractivity contribution in [3.63, 3.8) is 0 Å². The van der Waals surface area contributed by atoms with Gasteiger partial charge in [-0.25, -0.2) is 19.5 Å². The van der Waals surface area contributed by atoms with E-state index in [2.05, 4.69) is 19.5 Å². The number of aliphatic hydroxyl groups is 2. The Hall–Kier alpha value is -1.46. The molecular weight excluding hydrogens is 319 g/mol. The smallest absolute Gasteiger partial charge is 0.387 e. The SMILES string of the molecule is O=P(O)(O)OC[C@H]1O[C@@H](n2cnc3cncnc32)C(O)[C@@H]1O. The molecule has 1 fully saturated rings. The molecule has 0 saturated carbocycles. The second-order valence-electron chi connectivity index (χ2n) is 4.72. The van der Waals surface area contributed by atoms with Crippen LogP contribution in [0, 0.1) is 0 Å². The van der Waals surface area contributed by atoms with Gasteiger partial charge in [-0.15, -0.1) is 0 Å². The zero-order chi connectivity index (χ0) is 15.9. The number of aromatic nitrogens is 4. The number of hydrogen-bond acceptors (Lipinski definition) is 8. The van der Waals surface area contributed by atoms with Gasteiger partial charge < -0.3 is 24.7 Å². The van der Waals surface area contributed by atoms with Gasteiger partial charge in [0.1, 0.15) is 30.2 Å². The highest BCUT2D eigenvalue weighted by atomic mass is 31.2. The topological polar surface area (TPSA) is 160 Å². The van der Waals surface area contributed by atoms with E-state index in [1.807, 2.05) is 0 Å². The van der Waals surface area contributed by atoms with E-state index < -0.39 is 39.0 Å². The third kappa shape index (κ3) is 2.88. The van der Waals surface area contributed by atoms with Gasteiger partial charge in [0.2, 0.25) is 0 Å². The van der Waals surface area contributed by atoms with Gasteiger partial charge in [-0.05, 0) is 0 Å². The average molecular weight is 332 g/mol. The van der Waals surface area contributed by atoms with Crippen LogP contribution in [0.2, 0.25) is 0 Å². The highest BCUT2D eigenvalue weighted by molar-refractivity contribution is 7.46. The Balaban J connectivity index is 1.82. The van der Waals surface area contributed by atoms with Crippen LogP contribution in [0.3, 0.4) is 0 Å². The second kappa shape index (κ2) is 5.63. The van der Waals surface area contributed by atoms with Gasteiger partial charge in [0, 0.05) is 0 Å². The van der Waals surface area contributed by atoms with Gasteiger partial charge in [-0.1, -0.05) is 0 Å². The Labute approximate surface area is 123 Å². The number of fused-ring (bicyclic) bond motifs is 1. The summed E-state index contributed by atoms with van der Waals surface area (Å²) in [7, 11) is -4.70. The van der Waals surface area contributed by atoms with Crippen LogP contribution < -0.4 is 0 Å². The fraction of sp³-hybridized carbons (Fsp3) is 0.500. The first-order valence-electron chi connectivity index (χ1n) is 6.21. The van der Waals surface area contributed by atoms with Gasteiger partial charge in [-0.2, -0.15) is 0 Å². The lowest BCUT2D eigenvalue weighted by molar-refractivity contribution is -0.0504. The monoisotopic (exact) mass is 332 g/mol. The Kier molecular flexibility index (Phi) is 3.95. The van der Waals surface area contributed by atoms with Crippen molar-refractivity contribution in [3.8, 4) is 0 Å². The highest BCUT2D eigenvalue weighted by Gasteiger charge is 2.45. The Morgan fingerprint density at radius 2 is 2.09 bits per heavy atom. The van der Waals surface area contributed by atoms with Crippen molar-refractivity contribution in [2.24, 2.45) is 0 Å². The number of hydrogen-bond donors (Lipinski definition) is 4. The zero-order valence-corrected chi connectivity index (χ0v) is 11.9. The van der Waals surface area contributed by atoms with Crippen LogP contribution in [-0.4, -0.2) is 64.4 Å². The summed E-state index contributed by atoms with van der Waals surface area (Å²) < 4.78 is 21.8. The Bertz CT molecular complexity index is 718. The molecule has 0 radical (unpaired) electrons. The molecule has 11 nitrogen and oxygen atoms in total. The largest absolute Gasteiger partial charge is 0.469 e. The van der Waals surface area contributed by atoms with Crippen molar-refractivity contribution < 1.29 is 33.8 Å². The summed E-state index contributed by atoms with van der Waals surface area (Å²) in [6, 6.07) is 0. The molecule has 4 N–H and O–H groups in total. The summed E-state index contributed by atoms with van der Waals surface area (Å²) in [6.07, 6.45) is -0.690. The number of rotatable bonds is 4. The maximum absolute atomic E-state index is 10.7. The molecule has 120 valence electrons. The summed E-state index contributed by atoms with van der Waals surface area (Å²) in [5.74, 6) is 0. The molecule has 1 saturated heterocycles. The van der Waals surface area contributed by atoms with Crippen molar-refractivity contribution in [3.05, 3.63) is 18.9 Å². The third-order valence-electron chi connectivity index (χ3n) is 3.26. The third-order valence-corrected chi connectivity index (χ3v) is 3.74. The van der Waals surface area contributed by atoms with E-state index in [-0.39, 0.29) is 0 Å². The van der Waals surface area contributed by atoms with Gasteiger partial charge >= 0.3 is 7.82 Å². The minimum absolute atomic E-state index is 0.391. The number of phosphoric acid groups is 1. The Morgan fingerprint density at radius 3 is 2.82 bits per heavy atom. The molecule has 4 atom stereocenters. The maximum Gasteiger partial charge on any atom is 0.469 e. The summed E-state index contributed by atoms with van der Waals surface area (Å²) in [5.41, 5.74) is 0.866. The molecule has 1 aliphatic rings. The standard InChI is InChI=1S/C10H13N4O7P/c15-7-6(2-20-22(17,18)19)21-10(8(7)16)14-4-13-5-1-11-3-12-9(5)14/h1,3-4,6-8,10,15-16H,2H2,(H2,17,18,19)/t6-,7-,8?,10-/m1/s1. The van der Waals surface area contributed by atoms with Gasteiger partial charge in [-0.3, -0.25) is 9.09 Å². The van der Waals surface area contributed by atoms with Crippen LogP contribution in [0.5, 0.6) is 0 Å². The lowest BCUT2D eigenvalue weighted by Gasteiger charge is -2.16. The fourth-order valence-electron chi connectivity index (χ4n) is 2.24. The van der Waals surface area contributed by atoms with Gasteiger partial charge in [0.15, 0.2) is 11.9 Å². The second-order valence-corrected chi connectivity index (χ2v) is 5.96. The minimum Gasteiger partial charge on any atom is -0.387 e. The summed E-state index contributed by atoms with van der Waals surface area (Å²) in [6.45, 7) is -0.569. The van der Waals surface area contributed by atoms with Crippen LogP contribution in [0.15, 0.2) is 18.9 Å². The first kappa shape index (κ1) is 15.4. The quantitative estimate of drug-likeness (QED) is 0.488. The predicted octanol–water partition coefficient (Wildman–Crippen LogP) is -1.45. The van der Waals surface area contributed by atoms with E-state index in [4.69, 9.17) is 14.5 Å². The molecule has 3 rings (SSSR count). The molecule has 0 bridgehead atoms. The molecule has 1 unspecified atom stereocenters. The molecule has 2 aromatic heterocycles.